The smallest absolute Gasteiger partial charge is 0.236 e. The molecule has 0 aliphatic carbocycles. The minimum atomic E-state index is -0.774. The molecule has 114 valence electrons. The van der Waals surface area contributed by atoms with Gasteiger partial charge in [0.15, 0.2) is 0 Å². The van der Waals surface area contributed by atoms with Crippen LogP contribution < -0.4 is 0 Å². The lowest BCUT2D eigenvalue weighted by molar-refractivity contribution is -0.522. The second-order valence-corrected chi connectivity index (χ2v) is 5.57. The summed E-state index contributed by atoms with van der Waals surface area (Å²) in [4.78, 5) is 15.4. The molecule has 0 aliphatic heterocycles. The molecule has 2 rings (SSSR count). The highest BCUT2D eigenvalue weighted by Gasteiger charge is 2.27. The Morgan fingerprint density at radius 2 is 1.50 bits per heavy atom. The van der Waals surface area contributed by atoms with Crippen molar-refractivity contribution in [3.8, 4) is 0 Å². The van der Waals surface area contributed by atoms with Gasteiger partial charge in [-0.05, 0) is 25.0 Å². The van der Waals surface area contributed by atoms with Crippen LogP contribution in [0.2, 0.25) is 0 Å². The quantitative estimate of drug-likeness (QED) is 0.473. The molecule has 22 heavy (non-hydrogen) atoms. The van der Waals surface area contributed by atoms with Gasteiger partial charge in [-0.2, -0.15) is 0 Å². The van der Waals surface area contributed by atoms with Crippen molar-refractivity contribution >= 4 is 6.21 Å². The monoisotopic (exact) mass is 296 g/mol. The third-order valence-corrected chi connectivity index (χ3v) is 3.67. The zero-order chi connectivity index (χ0) is 16.1. The minimum absolute atomic E-state index is 0.281. The fraction of sp³-hybridized carbons (Fsp3) is 0.278. The molecular formula is C18H20N2O2. The van der Waals surface area contributed by atoms with Gasteiger partial charge < -0.3 is 0 Å². The van der Waals surface area contributed by atoms with Crippen LogP contribution in [-0.2, 0) is 0 Å². The van der Waals surface area contributed by atoms with E-state index >= 15 is 0 Å². The van der Waals surface area contributed by atoms with Crippen LogP contribution in [0.4, 0.5) is 0 Å². The van der Waals surface area contributed by atoms with Crippen LogP contribution in [0.5, 0.6) is 0 Å². The average Bonchev–Trinajstić information content (AvgIpc) is 2.50. The number of nitrogens with zero attached hydrogens (tertiary/aromatic N) is 2. The van der Waals surface area contributed by atoms with Crippen molar-refractivity contribution in [3.05, 3.63) is 80.9 Å². The van der Waals surface area contributed by atoms with Gasteiger partial charge in [0.1, 0.15) is 6.04 Å². The van der Waals surface area contributed by atoms with Crippen LogP contribution in [-0.4, -0.2) is 17.2 Å². The first kappa shape index (κ1) is 15.9. The number of aliphatic imine (C=N–C) groups is 1. The Hall–Kier alpha value is -2.49. The standard InChI is InChI=1S/C18H20N2O2/c1-13-4-8-16(9-5-13)12-19-18(15(3)20(21)22)17-10-6-14(2)7-11-17/h4-12,15,18H,1-3H3/t15-,18+/m0/s1. The number of aryl methyl sites for hydroxylation is 2. The number of rotatable bonds is 5. The summed E-state index contributed by atoms with van der Waals surface area (Å²) in [5.74, 6) is 0. The fourth-order valence-corrected chi connectivity index (χ4v) is 2.19. The van der Waals surface area contributed by atoms with E-state index in [9.17, 15) is 10.1 Å². The lowest BCUT2D eigenvalue weighted by Gasteiger charge is -2.14. The lowest BCUT2D eigenvalue weighted by Crippen LogP contribution is -2.23. The van der Waals surface area contributed by atoms with E-state index in [4.69, 9.17) is 0 Å². The molecule has 0 unspecified atom stereocenters. The molecule has 0 aromatic heterocycles. The molecule has 0 saturated carbocycles. The first-order valence-corrected chi connectivity index (χ1v) is 7.27. The predicted octanol–water partition coefficient (Wildman–Crippen LogP) is 4.13. The third-order valence-electron chi connectivity index (χ3n) is 3.67. The minimum Gasteiger partial charge on any atom is -0.277 e. The van der Waals surface area contributed by atoms with Gasteiger partial charge in [-0.25, -0.2) is 0 Å². The Balaban J connectivity index is 2.30. The van der Waals surface area contributed by atoms with E-state index in [1.165, 1.54) is 5.56 Å². The van der Waals surface area contributed by atoms with Crippen LogP contribution in [0, 0.1) is 24.0 Å². The van der Waals surface area contributed by atoms with Crippen LogP contribution in [0.15, 0.2) is 53.5 Å². The average molecular weight is 296 g/mol. The van der Waals surface area contributed by atoms with E-state index in [1.807, 2.05) is 62.4 Å². The normalized spacial score (nSPS) is 14.0. The van der Waals surface area contributed by atoms with Gasteiger partial charge in [0.2, 0.25) is 6.04 Å². The predicted molar refractivity (Wildman–Crippen MR) is 89.1 cm³/mol. The molecule has 0 spiro atoms. The Morgan fingerprint density at radius 3 is 2.00 bits per heavy atom. The molecule has 0 fully saturated rings. The van der Waals surface area contributed by atoms with Crippen molar-refractivity contribution in [3.63, 3.8) is 0 Å². The van der Waals surface area contributed by atoms with Crippen LogP contribution in [0.1, 0.15) is 35.2 Å². The topological polar surface area (TPSA) is 55.5 Å². The molecule has 0 bridgehead atoms. The Labute approximate surface area is 130 Å². The summed E-state index contributed by atoms with van der Waals surface area (Å²) in [7, 11) is 0. The highest BCUT2D eigenvalue weighted by atomic mass is 16.6. The van der Waals surface area contributed by atoms with Gasteiger partial charge in [0.05, 0.1) is 0 Å². The molecule has 4 heteroatoms. The number of benzene rings is 2. The van der Waals surface area contributed by atoms with Crippen molar-refractivity contribution in [2.24, 2.45) is 4.99 Å². The molecule has 2 aromatic carbocycles. The van der Waals surface area contributed by atoms with Gasteiger partial charge in [0.25, 0.3) is 0 Å². The maximum absolute atomic E-state index is 11.2. The van der Waals surface area contributed by atoms with Crippen molar-refractivity contribution in [2.45, 2.75) is 32.9 Å². The highest BCUT2D eigenvalue weighted by molar-refractivity contribution is 5.79. The maximum atomic E-state index is 11.2. The first-order valence-electron chi connectivity index (χ1n) is 7.27. The molecule has 0 amide bonds. The molecule has 2 aromatic rings. The molecule has 0 saturated heterocycles. The van der Waals surface area contributed by atoms with Gasteiger partial charge in [0, 0.05) is 18.1 Å². The van der Waals surface area contributed by atoms with E-state index in [0.717, 1.165) is 16.7 Å². The van der Waals surface area contributed by atoms with E-state index in [0.29, 0.717) is 0 Å². The van der Waals surface area contributed by atoms with Gasteiger partial charge in [-0.1, -0.05) is 59.7 Å². The Bertz CT molecular complexity index is 660. The zero-order valence-corrected chi connectivity index (χ0v) is 13.1. The summed E-state index contributed by atoms with van der Waals surface area (Å²) in [5, 5.41) is 11.2. The molecule has 0 aliphatic rings. The van der Waals surface area contributed by atoms with Crippen molar-refractivity contribution in [1.82, 2.24) is 0 Å². The SMILES string of the molecule is Cc1ccc(C=N[C@@H](c2ccc(C)cc2)[C@H](C)[N+](=O)[O-])cc1. The largest absolute Gasteiger partial charge is 0.277 e. The Morgan fingerprint density at radius 1 is 1.00 bits per heavy atom. The van der Waals surface area contributed by atoms with Crippen molar-refractivity contribution in [1.29, 1.82) is 0 Å². The van der Waals surface area contributed by atoms with Crippen LogP contribution in [0.3, 0.4) is 0 Å². The van der Waals surface area contributed by atoms with Gasteiger partial charge in [-0.3, -0.25) is 15.1 Å². The zero-order valence-electron chi connectivity index (χ0n) is 13.1. The first-order chi connectivity index (χ1) is 10.5. The molecule has 4 nitrogen and oxygen atoms in total. The summed E-state index contributed by atoms with van der Waals surface area (Å²) < 4.78 is 0. The summed E-state index contributed by atoms with van der Waals surface area (Å²) in [5.41, 5.74) is 4.10. The lowest BCUT2D eigenvalue weighted by atomic mass is 10.0. The van der Waals surface area contributed by atoms with E-state index in [-0.39, 0.29) is 4.92 Å². The van der Waals surface area contributed by atoms with E-state index in [2.05, 4.69) is 4.99 Å². The van der Waals surface area contributed by atoms with Gasteiger partial charge >= 0.3 is 0 Å². The van der Waals surface area contributed by atoms with Gasteiger partial charge in [-0.15, -0.1) is 0 Å². The second kappa shape index (κ2) is 6.98. The van der Waals surface area contributed by atoms with Crippen molar-refractivity contribution in [2.75, 3.05) is 0 Å². The summed E-state index contributed by atoms with van der Waals surface area (Å²) >= 11 is 0. The molecule has 0 radical (unpaired) electrons. The third kappa shape index (κ3) is 4.01. The second-order valence-electron chi connectivity index (χ2n) is 5.57. The Kier molecular flexibility index (Phi) is 5.04. The summed E-state index contributed by atoms with van der Waals surface area (Å²) in [6.07, 6.45) is 1.71. The number of hydrogen-bond donors (Lipinski definition) is 0. The molecular weight excluding hydrogens is 276 g/mol. The molecule has 2 atom stereocenters. The number of hydrogen-bond acceptors (Lipinski definition) is 3. The van der Waals surface area contributed by atoms with Crippen LogP contribution in [0.25, 0.3) is 0 Å². The number of nitro groups is 1. The summed E-state index contributed by atoms with van der Waals surface area (Å²) in [6, 6.07) is 14.4. The highest BCUT2D eigenvalue weighted by Crippen LogP contribution is 2.23. The van der Waals surface area contributed by atoms with Crippen molar-refractivity contribution < 1.29 is 4.92 Å². The summed E-state index contributed by atoms with van der Waals surface area (Å²) in [6.45, 7) is 5.60. The molecule has 0 N–H and O–H groups in total. The van der Waals surface area contributed by atoms with E-state index in [1.54, 1.807) is 13.1 Å². The maximum Gasteiger partial charge on any atom is 0.236 e. The fourth-order valence-electron chi connectivity index (χ4n) is 2.19. The van der Waals surface area contributed by atoms with E-state index < -0.39 is 12.1 Å². The van der Waals surface area contributed by atoms with Crippen LogP contribution >= 0.6 is 0 Å². The molecule has 0 heterocycles.